The monoisotopic (exact) mass is 413 g/mol. The molecule has 2 aromatic carbocycles. The second-order valence-corrected chi connectivity index (χ2v) is 8.75. The van der Waals surface area contributed by atoms with Crippen molar-refractivity contribution in [2.75, 3.05) is 11.4 Å². The third-order valence-electron chi connectivity index (χ3n) is 4.71. The van der Waals surface area contributed by atoms with Crippen molar-refractivity contribution < 1.29 is 18.1 Å². The van der Waals surface area contributed by atoms with Gasteiger partial charge in [-0.1, -0.05) is 18.2 Å². The highest BCUT2D eigenvalue weighted by Crippen LogP contribution is 2.28. The molecule has 150 valence electrons. The summed E-state index contributed by atoms with van der Waals surface area (Å²) in [7, 11) is -2.26. The van der Waals surface area contributed by atoms with E-state index in [9.17, 15) is 23.3 Å². The summed E-state index contributed by atoms with van der Waals surface area (Å²) in [5.41, 5.74) is 0.950. The van der Waals surface area contributed by atoms with Crippen molar-refractivity contribution in [3.05, 3.63) is 93.7 Å². The van der Waals surface area contributed by atoms with E-state index < -0.39 is 20.2 Å². The molecule has 0 aliphatic heterocycles. The maximum absolute atomic E-state index is 12.9. The van der Waals surface area contributed by atoms with E-state index in [0.29, 0.717) is 16.9 Å². The van der Waals surface area contributed by atoms with Crippen LogP contribution in [-0.4, -0.2) is 31.2 Å². The summed E-state index contributed by atoms with van der Waals surface area (Å²) < 4.78 is 27.0. The molecular weight excluding hydrogens is 394 g/mol. The molecule has 1 N–H and O–H groups in total. The van der Waals surface area contributed by atoms with Gasteiger partial charge >= 0.3 is 0 Å². The minimum absolute atomic E-state index is 0.109. The number of hydrogen-bond acceptors (Lipinski definition) is 5. The zero-order valence-electron chi connectivity index (χ0n) is 15.8. The maximum atomic E-state index is 12.9. The molecule has 3 aromatic rings. The SMILES string of the molecule is CC(c1cccc(C(=O)c2ccc([N+](=O)[O-])cc2)c1)S(=O)(=O)N(C)c1ccc[nH]1. The van der Waals surface area contributed by atoms with Crippen molar-refractivity contribution >= 4 is 27.3 Å². The number of nitro benzene ring substituents is 1. The Balaban J connectivity index is 1.88. The van der Waals surface area contributed by atoms with Crippen molar-refractivity contribution in [3.8, 4) is 0 Å². The van der Waals surface area contributed by atoms with Crippen molar-refractivity contribution in [1.82, 2.24) is 4.98 Å². The first-order valence-corrected chi connectivity index (χ1v) is 10.2. The minimum Gasteiger partial charge on any atom is -0.348 e. The zero-order chi connectivity index (χ0) is 21.2. The van der Waals surface area contributed by atoms with Gasteiger partial charge in [0, 0.05) is 36.5 Å². The van der Waals surface area contributed by atoms with Crippen LogP contribution in [0, 0.1) is 10.1 Å². The Labute approximate surface area is 168 Å². The van der Waals surface area contributed by atoms with Crippen molar-refractivity contribution in [3.63, 3.8) is 0 Å². The number of benzene rings is 2. The van der Waals surface area contributed by atoms with Crippen LogP contribution in [0.3, 0.4) is 0 Å². The lowest BCUT2D eigenvalue weighted by Gasteiger charge is -2.23. The molecular formula is C20H19N3O5S. The predicted molar refractivity (Wildman–Crippen MR) is 110 cm³/mol. The molecule has 0 aliphatic rings. The summed E-state index contributed by atoms with van der Waals surface area (Å²) in [6.45, 7) is 1.56. The molecule has 0 fully saturated rings. The summed E-state index contributed by atoms with van der Waals surface area (Å²) in [5, 5.41) is 9.87. The Hall–Kier alpha value is -3.46. The van der Waals surface area contributed by atoms with E-state index in [4.69, 9.17) is 0 Å². The van der Waals surface area contributed by atoms with Gasteiger partial charge in [-0.15, -0.1) is 0 Å². The van der Waals surface area contributed by atoms with Gasteiger partial charge in [0.15, 0.2) is 5.78 Å². The molecule has 3 rings (SSSR count). The number of H-pyrrole nitrogens is 1. The molecule has 0 bridgehead atoms. The van der Waals surface area contributed by atoms with E-state index in [-0.39, 0.29) is 17.0 Å². The van der Waals surface area contributed by atoms with Crippen LogP contribution in [0.1, 0.15) is 33.7 Å². The molecule has 29 heavy (non-hydrogen) atoms. The molecule has 9 heteroatoms. The molecule has 1 atom stereocenters. The fraction of sp³-hybridized carbons (Fsp3) is 0.150. The number of nitrogens with zero attached hydrogens (tertiary/aromatic N) is 2. The fourth-order valence-electron chi connectivity index (χ4n) is 2.90. The van der Waals surface area contributed by atoms with E-state index in [2.05, 4.69) is 4.98 Å². The molecule has 8 nitrogen and oxygen atoms in total. The Bertz CT molecular complexity index is 1140. The number of carbonyl (C=O) groups is 1. The number of nitrogens with one attached hydrogen (secondary N) is 1. The number of non-ortho nitro benzene ring substituents is 1. The summed E-state index contributed by atoms with van der Waals surface area (Å²) in [6.07, 6.45) is 1.63. The second-order valence-electron chi connectivity index (χ2n) is 6.47. The van der Waals surface area contributed by atoms with Crippen LogP contribution in [0.5, 0.6) is 0 Å². The first-order valence-electron chi connectivity index (χ1n) is 8.72. The molecule has 1 heterocycles. The highest BCUT2D eigenvalue weighted by atomic mass is 32.2. The molecule has 1 aromatic heterocycles. The fourth-order valence-corrected chi connectivity index (χ4v) is 4.25. The van der Waals surface area contributed by atoms with Crippen LogP contribution >= 0.6 is 0 Å². The molecule has 0 saturated heterocycles. The van der Waals surface area contributed by atoms with Crippen LogP contribution in [-0.2, 0) is 10.0 Å². The summed E-state index contributed by atoms with van der Waals surface area (Å²) in [5.74, 6) is 0.0963. The number of aromatic amines is 1. The van der Waals surface area contributed by atoms with Gasteiger partial charge in [0.2, 0.25) is 10.0 Å². The number of carbonyl (C=O) groups excluding carboxylic acids is 1. The lowest BCUT2D eigenvalue weighted by molar-refractivity contribution is -0.384. The molecule has 0 saturated carbocycles. The van der Waals surface area contributed by atoms with Gasteiger partial charge in [0.25, 0.3) is 5.69 Å². The number of nitro groups is 1. The van der Waals surface area contributed by atoms with Crippen LogP contribution < -0.4 is 4.31 Å². The standard InChI is InChI=1S/C20H19N3O5S/c1-14(29(27,28)22(2)19-7-4-12-21-19)16-5-3-6-17(13-16)20(24)15-8-10-18(11-9-15)23(25)26/h3-14,21H,1-2H3. The number of aromatic nitrogens is 1. The van der Waals surface area contributed by atoms with Crippen LogP contribution in [0.15, 0.2) is 66.9 Å². The molecule has 1 unspecified atom stereocenters. The Morgan fingerprint density at radius 3 is 2.34 bits per heavy atom. The van der Waals surface area contributed by atoms with E-state index in [0.717, 1.165) is 0 Å². The van der Waals surface area contributed by atoms with E-state index in [1.54, 1.807) is 43.5 Å². The zero-order valence-corrected chi connectivity index (χ0v) is 16.6. The average Bonchev–Trinajstić information content (AvgIpc) is 3.27. The van der Waals surface area contributed by atoms with E-state index in [1.807, 2.05) is 0 Å². The Kier molecular flexibility index (Phi) is 5.51. The van der Waals surface area contributed by atoms with Crippen LogP contribution in [0.25, 0.3) is 0 Å². The third-order valence-corrected chi connectivity index (χ3v) is 6.83. The average molecular weight is 413 g/mol. The predicted octanol–water partition coefficient (Wildman–Crippen LogP) is 3.68. The highest BCUT2D eigenvalue weighted by Gasteiger charge is 2.28. The quantitative estimate of drug-likeness (QED) is 0.361. The maximum Gasteiger partial charge on any atom is 0.269 e. The molecule has 0 aliphatic carbocycles. The number of anilines is 1. The first-order chi connectivity index (χ1) is 13.7. The van der Waals surface area contributed by atoms with E-state index >= 15 is 0 Å². The van der Waals surface area contributed by atoms with Gasteiger partial charge in [0.1, 0.15) is 11.1 Å². The minimum atomic E-state index is -3.72. The summed E-state index contributed by atoms with van der Waals surface area (Å²) in [4.78, 5) is 25.8. The number of hydrogen-bond donors (Lipinski definition) is 1. The molecule has 0 amide bonds. The largest absolute Gasteiger partial charge is 0.348 e. The van der Waals surface area contributed by atoms with Crippen molar-refractivity contribution in [2.24, 2.45) is 0 Å². The Morgan fingerprint density at radius 1 is 1.07 bits per heavy atom. The van der Waals surface area contributed by atoms with Crippen LogP contribution in [0.2, 0.25) is 0 Å². The van der Waals surface area contributed by atoms with Gasteiger partial charge in [-0.05, 0) is 42.8 Å². The van der Waals surface area contributed by atoms with Gasteiger partial charge < -0.3 is 4.98 Å². The van der Waals surface area contributed by atoms with Crippen LogP contribution in [0.4, 0.5) is 11.5 Å². The van der Waals surface area contributed by atoms with Crippen molar-refractivity contribution in [1.29, 1.82) is 0 Å². The molecule has 0 spiro atoms. The lowest BCUT2D eigenvalue weighted by Crippen LogP contribution is -2.30. The Morgan fingerprint density at radius 2 is 1.76 bits per heavy atom. The molecule has 0 radical (unpaired) electrons. The lowest BCUT2D eigenvalue weighted by atomic mass is 10.0. The van der Waals surface area contributed by atoms with Crippen molar-refractivity contribution in [2.45, 2.75) is 12.2 Å². The number of rotatable bonds is 7. The number of ketones is 1. The number of sulfonamides is 1. The summed E-state index contributed by atoms with van der Waals surface area (Å²) >= 11 is 0. The third kappa shape index (κ3) is 4.04. The van der Waals surface area contributed by atoms with Gasteiger partial charge in [-0.2, -0.15) is 0 Å². The van der Waals surface area contributed by atoms with E-state index in [1.165, 1.54) is 41.7 Å². The summed E-state index contributed by atoms with van der Waals surface area (Å²) in [6, 6.07) is 15.0. The topological polar surface area (TPSA) is 113 Å². The smallest absolute Gasteiger partial charge is 0.269 e. The van der Waals surface area contributed by atoms with Gasteiger partial charge in [-0.3, -0.25) is 19.2 Å². The highest BCUT2D eigenvalue weighted by molar-refractivity contribution is 7.93. The second kappa shape index (κ2) is 7.88. The normalized spacial score (nSPS) is 12.3. The first kappa shape index (κ1) is 20.3. The van der Waals surface area contributed by atoms with Gasteiger partial charge in [0.05, 0.1) is 4.92 Å². The van der Waals surface area contributed by atoms with Gasteiger partial charge in [-0.25, -0.2) is 8.42 Å².